The summed E-state index contributed by atoms with van der Waals surface area (Å²) < 4.78 is 30.4. The first-order valence-corrected chi connectivity index (χ1v) is 10.2. The molecule has 3 heterocycles. The van der Waals surface area contributed by atoms with Gasteiger partial charge < -0.3 is 9.55 Å². The first-order valence-electron chi connectivity index (χ1n) is 8.72. The summed E-state index contributed by atoms with van der Waals surface area (Å²) in [6, 6.07) is 7.79. The summed E-state index contributed by atoms with van der Waals surface area (Å²) in [4.78, 5) is 28.1. The lowest BCUT2D eigenvalue weighted by Gasteiger charge is -2.38. The second-order valence-corrected chi connectivity index (χ2v) is 8.94. The van der Waals surface area contributed by atoms with E-state index in [1.54, 1.807) is 0 Å². The van der Waals surface area contributed by atoms with Gasteiger partial charge in [0.05, 0.1) is 21.8 Å². The molecule has 1 aliphatic heterocycles. The molecule has 0 saturated heterocycles. The number of fused-ring (bicyclic) bond motifs is 2. The lowest BCUT2D eigenvalue weighted by Crippen LogP contribution is -2.43. The zero-order chi connectivity index (χ0) is 19.3. The van der Waals surface area contributed by atoms with Crippen LogP contribution < -0.4 is 11.2 Å². The number of H-pyrrole nitrogens is 2. The van der Waals surface area contributed by atoms with Crippen molar-refractivity contribution in [2.75, 3.05) is 6.54 Å². The van der Waals surface area contributed by atoms with E-state index in [0.717, 1.165) is 5.69 Å². The zero-order valence-corrected chi connectivity index (χ0v) is 15.8. The SMILES string of the molecule is CC(C)[C@@H]1c2cccn2CCN1S(=O)(=O)c1ccc2[nH]c(=O)[nH]c(=O)c2c1. The Balaban J connectivity index is 1.85. The average Bonchev–Trinajstić information content (AvgIpc) is 3.08. The molecule has 0 unspecified atom stereocenters. The Morgan fingerprint density at radius 3 is 2.63 bits per heavy atom. The number of nitrogens with one attached hydrogen (secondary N) is 2. The van der Waals surface area contributed by atoms with Crippen LogP contribution >= 0.6 is 0 Å². The highest BCUT2D eigenvalue weighted by atomic mass is 32.2. The molecule has 9 heteroatoms. The van der Waals surface area contributed by atoms with Gasteiger partial charge in [0, 0.05) is 25.0 Å². The van der Waals surface area contributed by atoms with E-state index in [2.05, 4.69) is 14.5 Å². The first kappa shape index (κ1) is 17.7. The van der Waals surface area contributed by atoms with Gasteiger partial charge in [0.1, 0.15) is 0 Å². The van der Waals surface area contributed by atoms with Gasteiger partial charge >= 0.3 is 5.69 Å². The molecule has 0 aliphatic carbocycles. The van der Waals surface area contributed by atoms with Crippen LogP contribution in [-0.4, -0.2) is 33.8 Å². The van der Waals surface area contributed by atoms with Crippen molar-refractivity contribution in [3.05, 3.63) is 63.1 Å². The number of hydrogen-bond acceptors (Lipinski definition) is 4. The fourth-order valence-corrected chi connectivity index (χ4v) is 5.53. The Morgan fingerprint density at radius 1 is 1.11 bits per heavy atom. The molecule has 0 radical (unpaired) electrons. The fraction of sp³-hybridized carbons (Fsp3) is 0.333. The lowest BCUT2D eigenvalue weighted by molar-refractivity contribution is 0.215. The highest BCUT2D eigenvalue weighted by molar-refractivity contribution is 7.89. The van der Waals surface area contributed by atoms with Crippen LogP contribution in [0.15, 0.2) is 51.0 Å². The van der Waals surface area contributed by atoms with Crippen molar-refractivity contribution in [3.8, 4) is 0 Å². The van der Waals surface area contributed by atoms with Gasteiger partial charge in [0.15, 0.2) is 0 Å². The van der Waals surface area contributed by atoms with Crippen molar-refractivity contribution in [3.63, 3.8) is 0 Å². The number of aromatic nitrogens is 3. The van der Waals surface area contributed by atoms with Crippen molar-refractivity contribution >= 4 is 20.9 Å². The smallest absolute Gasteiger partial charge is 0.326 e. The first-order chi connectivity index (χ1) is 12.8. The van der Waals surface area contributed by atoms with Crippen molar-refractivity contribution in [2.24, 2.45) is 5.92 Å². The van der Waals surface area contributed by atoms with E-state index in [1.807, 2.05) is 32.2 Å². The predicted molar refractivity (Wildman–Crippen MR) is 101 cm³/mol. The van der Waals surface area contributed by atoms with Crippen LogP contribution in [0.1, 0.15) is 25.6 Å². The quantitative estimate of drug-likeness (QED) is 0.707. The molecule has 27 heavy (non-hydrogen) atoms. The Labute approximate surface area is 155 Å². The Morgan fingerprint density at radius 2 is 1.89 bits per heavy atom. The third kappa shape index (κ3) is 2.83. The molecule has 1 aliphatic rings. The summed E-state index contributed by atoms with van der Waals surface area (Å²) in [7, 11) is -3.82. The molecule has 2 N–H and O–H groups in total. The van der Waals surface area contributed by atoms with Gasteiger partial charge in [0.2, 0.25) is 10.0 Å². The number of aromatic amines is 2. The Kier molecular flexibility index (Phi) is 4.08. The predicted octanol–water partition coefficient (Wildman–Crippen LogP) is 1.42. The molecule has 0 fully saturated rings. The van der Waals surface area contributed by atoms with Crippen molar-refractivity contribution in [2.45, 2.75) is 31.3 Å². The van der Waals surface area contributed by atoms with Crippen LogP contribution in [-0.2, 0) is 16.6 Å². The molecule has 1 atom stereocenters. The number of hydrogen-bond donors (Lipinski definition) is 2. The van der Waals surface area contributed by atoms with Crippen LogP contribution in [0.2, 0.25) is 0 Å². The minimum absolute atomic E-state index is 0.0400. The van der Waals surface area contributed by atoms with Gasteiger partial charge in [0.25, 0.3) is 5.56 Å². The highest BCUT2D eigenvalue weighted by Crippen LogP contribution is 2.36. The lowest BCUT2D eigenvalue weighted by atomic mass is 9.99. The van der Waals surface area contributed by atoms with Crippen LogP contribution in [0.5, 0.6) is 0 Å². The van der Waals surface area contributed by atoms with E-state index < -0.39 is 21.3 Å². The molecule has 0 saturated carbocycles. The van der Waals surface area contributed by atoms with Gasteiger partial charge in [-0.1, -0.05) is 13.8 Å². The van der Waals surface area contributed by atoms with Crippen LogP contribution in [0.4, 0.5) is 0 Å². The number of sulfonamides is 1. The second kappa shape index (κ2) is 6.21. The van der Waals surface area contributed by atoms with Crippen molar-refractivity contribution in [1.82, 2.24) is 18.8 Å². The monoisotopic (exact) mass is 388 g/mol. The van der Waals surface area contributed by atoms with E-state index >= 15 is 0 Å². The molecule has 3 aromatic rings. The Hall–Kier alpha value is -2.65. The van der Waals surface area contributed by atoms with Gasteiger partial charge in [-0.25, -0.2) is 13.2 Å². The van der Waals surface area contributed by atoms with E-state index in [4.69, 9.17) is 0 Å². The van der Waals surface area contributed by atoms with E-state index in [-0.39, 0.29) is 22.2 Å². The van der Waals surface area contributed by atoms with E-state index in [1.165, 1.54) is 22.5 Å². The van der Waals surface area contributed by atoms with Crippen molar-refractivity contribution in [1.29, 1.82) is 0 Å². The minimum atomic E-state index is -3.82. The standard InChI is InChI=1S/C18H20N4O4S/c1-11(2)16-15-4-3-7-21(15)8-9-22(16)27(25,26)12-5-6-14-13(10-12)17(23)20-18(24)19-14/h3-7,10-11,16H,8-9H2,1-2H3,(H2,19,20,23,24)/t16-/m1/s1. The summed E-state index contributed by atoms with van der Waals surface area (Å²) in [5.74, 6) is 0.0777. The third-order valence-corrected chi connectivity index (χ3v) is 6.87. The van der Waals surface area contributed by atoms with Crippen LogP contribution in [0.25, 0.3) is 10.9 Å². The molecular formula is C18H20N4O4S. The molecule has 8 nitrogen and oxygen atoms in total. The molecular weight excluding hydrogens is 368 g/mol. The van der Waals surface area contributed by atoms with E-state index in [0.29, 0.717) is 18.6 Å². The minimum Gasteiger partial charge on any atom is -0.349 e. The molecule has 2 aromatic heterocycles. The van der Waals surface area contributed by atoms with E-state index in [9.17, 15) is 18.0 Å². The number of rotatable bonds is 3. The maximum absolute atomic E-state index is 13.4. The summed E-state index contributed by atoms with van der Waals surface area (Å²) in [6.45, 7) is 4.91. The van der Waals surface area contributed by atoms with Gasteiger partial charge in [-0.15, -0.1) is 0 Å². The normalized spacial score (nSPS) is 18.1. The molecule has 1 aromatic carbocycles. The third-order valence-electron chi connectivity index (χ3n) is 4.99. The summed E-state index contributed by atoms with van der Waals surface area (Å²) in [5, 5.41) is 0.136. The van der Waals surface area contributed by atoms with Crippen molar-refractivity contribution < 1.29 is 8.42 Å². The van der Waals surface area contributed by atoms with Gasteiger partial charge in [-0.2, -0.15) is 4.31 Å². The largest absolute Gasteiger partial charge is 0.349 e. The molecule has 0 amide bonds. The zero-order valence-electron chi connectivity index (χ0n) is 15.0. The second-order valence-electron chi connectivity index (χ2n) is 7.05. The summed E-state index contributed by atoms with van der Waals surface area (Å²) in [6.07, 6.45) is 1.96. The maximum atomic E-state index is 13.4. The molecule has 0 spiro atoms. The molecule has 4 rings (SSSR count). The summed E-state index contributed by atoms with van der Waals surface area (Å²) >= 11 is 0. The molecule has 0 bridgehead atoms. The number of benzene rings is 1. The highest BCUT2D eigenvalue weighted by Gasteiger charge is 2.38. The fourth-order valence-electron chi connectivity index (χ4n) is 3.78. The topological polar surface area (TPSA) is 108 Å². The molecule has 142 valence electrons. The number of nitrogens with zero attached hydrogens (tertiary/aromatic N) is 2. The van der Waals surface area contributed by atoms with Crippen LogP contribution in [0, 0.1) is 5.92 Å². The average molecular weight is 388 g/mol. The van der Waals surface area contributed by atoms with Crippen LogP contribution in [0.3, 0.4) is 0 Å². The van der Waals surface area contributed by atoms with Gasteiger partial charge in [-0.3, -0.25) is 9.78 Å². The maximum Gasteiger partial charge on any atom is 0.326 e. The summed E-state index contributed by atoms with van der Waals surface area (Å²) in [5.41, 5.74) is 0.0249. The van der Waals surface area contributed by atoms with Gasteiger partial charge in [-0.05, 0) is 36.2 Å². The Bertz CT molecular complexity index is 1240.